The number of hydrogen-bond acceptors (Lipinski definition) is 4. The van der Waals surface area contributed by atoms with Gasteiger partial charge in [0.1, 0.15) is 5.75 Å². The van der Waals surface area contributed by atoms with Gasteiger partial charge in [0.05, 0.1) is 5.56 Å². The van der Waals surface area contributed by atoms with Gasteiger partial charge in [-0.3, -0.25) is 0 Å². The Balaban J connectivity index is 1.76. The number of rotatable bonds is 3. The van der Waals surface area contributed by atoms with Gasteiger partial charge in [0.15, 0.2) is 5.84 Å². The van der Waals surface area contributed by atoms with Crippen LogP contribution in [0.2, 0.25) is 0 Å². The summed E-state index contributed by atoms with van der Waals surface area (Å²) in [5.41, 5.74) is 6.05. The molecule has 2 aromatic carbocycles. The van der Waals surface area contributed by atoms with E-state index in [0.29, 0.717) is 17.3 Å². The van der Waals surface area contributed by atoms with E-state index in [9.17, 15) is 5.21 Å². The molecule has 1 N–H and O–H groups in total. The number of oxime groups is 1. The molecule has 0 amide bonds. The first-order valence-corrected chi connectivity index (χ1v) is 9.87. The molecule has 0 aliphatic carbocycles. The van der Waals surface area contributed by atoms with Gasteiger partial charge < -0.3 is 14.8 Å². The fourth-order valence-corrected chi connectivity index (χ4v) is 3.89. The molecule has 2 heterocycles. The van der Waals surface area contributed by atoms with Gasteiger partial charge in [-0.15, -0.1) is 0 Å². The summed E-state index contributed by atoms with van der Waals surface area (Å²) in [5.74, 6) is 1.60. The molecule has 5 nitrogen and oxygen atoms in total. The third kappa shape index (κ3) is 3.94. The average Bonchev–Trinajstić information content (AvgIpc) is 2.69. The Labute approximate surface area is 171 Å². The van der Waals surface area contributed by atoms with Crippen molar-refractivity contribution >= 4 is 11.5 Å². The second-order valence-electron chi connectivity index (χ2n) is 7.54. The van der Waals surface area contributed by atoms with Crippen LogP contribution in [0.5, 0.6) is 11.6 Å². The number of aromatic nitrogens is 1. The summed E-state index contributed by atoms with van der Waals surface area (Å²) < 4.78 is 6.18. The van der Waals surface area contributed by atoms with Crippen LogP contribution >= 0.6 is 0 Å². The number of amidine groups is 1. The lowest BCUT2D eigenvalue weighted by Crippen LogP contribution is -2.36. The van der Waals surface area contributed by atoms with Gasteiger partial charge in [0.2, 0.25) is 5.88 Å². The third-order valence-corrected chi connectivity index (χ3v) is 5.11. The Morgan fingerprint density at radius 3 is 2.55 bits per heavy atom. The molecule has 29 heavy (non-hydrogen) atoms. The van der Waals surface area contributed by atoms with Gasteiger partial charge >= 0.3 is 0 Å². The average molecular weight is 387 g/mol. The third-order valence-electron chi connectivity index (χ3n) is 5.11. The number of ether oxygens (including phenoxy) is 1. The standard InChI is InChI=1S/C24H25N3O2/c1-16-13-17(2)15-20(14-16)29-24-21(11-10-18(3)25-24)23(26-28)27-12-6-8-19-7-4-5-9-22(19)27/h4-5,7,9-11,13-15,28H,6,8,12H2,1-3H3/b26-23-. The lowest BCUT2D eigenvalue weighted by Gasteiger charge is -2.31. The van der Waals surface area contributed by atoms with Crippen molar-refractivity contribution in [3.05, 3.63) is 82.5 Å². The second kappa shape index (κ2) is 7.95. The highest BCUT2D eigenvalue weighted by Crippen LogP contribution is 2.32. The van der Waals surface area contributed by atoms with Crippen LogP contribution < -0.4 is 9.64 Å². The van der Waals surface area contributed by atoms with E-state index in [2.05, 4.69) is 28.3 Å². The molecule has 0 saturated heterocycles. The molecule has 4 rings (SSSR count). The Morgan fingerprint density at radius 1 is 1.03 bits per heavy atom. The molecule has 0 spiro atoms. The number of aryl methyl sites for hydroxylation is 4. The summed E-state index contributed by atoms with van der Waals surface area (Å²) in [6, 6.07) is 18.1. The van der Waals surface area contributed by atoms with Crippen LogP contribution in [0.1, 0.15) is 34.4 Å². The molecule has 0 atom stereocenters. The van der Waals surface area contributed by atoms with Crippen molar-refractivity contribution in [1.82, 2.24) is 4.98 Å². The molecular formula is C24H25N3O2. The van der Waals surface area contributed by atoms with Crippen LogP contribution in [0.4, 0.5) is 5.69 Å². The maximum Gasteiger partial charge on any atom is 0.230 e. The van der Waals surface area contributed by atoms with E-state index in [4.69, 9.17) is 4.74 Å². The minimum atomic E-state index is 0.436. The highest BCUT2D eigenvalue weighted by Gasteiger charge is 2.25. The second-order valence-corrected chi connectivity index (χ2v) is 7.54. The summed E-state index contributed by atoms with van der Waals surface area (Å²) in [4.78, 5) is 6.65. The van der Waals surface area contributed by atoms with Crippen molar-refractivity contribution in [2.45, 2.75) is 33.6 Å². The molecule has 1 aliphatic rings. The first kappa shape index (κ1) is 19.0. The van der Waals surface area contributed by atoms with Gasteiger partial charge in [-0.1, -0.05) is 29.4 Å². The number of benzene rings is 2. The van der Waals surface area contributed by atoms with Crippen molar-refractivity contribution in [3.63, 3.8) is 0 Å². The number of fused-ring (bicyclic) bond motifs is 1. The van der Waals surface area contributed by atoms with Gasteiger partial charge in [0.25, 0.3) is 0 Å². The van der Waals surface area contributed by atoms with E-state index < -0.39 is 0 Å². The zero-order chi connectivity index (χ0) is 20.4. The highest BCUT2D eigenvalue weighted by molar-refractivity contribution is 6.11. The van der Waals surface area contributed by atoms with Crippen molar-refractivity contribution in [1.29, 1.82) is 0 Å². The topological polar surface area (TPSA) is 58.0 Å². The summed E-state index contributed by atoms with van der Waals surface area (Å²) in [5, 5.41) is 13.6. The Hall–Kier alpha value is -3.34. The molecule has 0 saturated carbocycles. The lowest BCUT2D eigenvalue weighted by molar-refractivity contribution is 0.317. The molecule has 1 aromatic heterocycles. The minimum absolute atomic E-state index is 0.436. The molecule has 3 aromatic rings. The first-order valence-electron chi connectivity index (χ1n) is 9.87. The predicted octanol–water partition coefficient (Wildman–Crippen LogP) is 5.39. The molecule has 0 bridgehead atoms. The number of anilines is 1. The van der Waals surface area contributed by atoms with Crippen molar-refractivity contribution in [2.75, 3.05) is 11.4 Å². The van der Waals surface area contributed by atoms with Crippen LogP contribution in [-0.2, 0) is 6.42 Å². The van der Waals surface area contributed by atoms with Gasteiger partial charge in [0, 0.05) is 17.9 Å². The Morgan fingerprint density at radius 2 is 1.79 bits per heavy atom. The molecule has 148 valence electrons. The largest absolute Gasteiger partial charge is 0.438 e. The van der Waals surface area contributed by atoms with Crippen LogP contribution in [0.25, 0.3) is 0 Å². The zero-order valence-electron chi connectivity index (χ0n) is 17.0. The van der Waals surface area contributed by atoms with Gasteiger partial charge in [-0.2, -0.15) is 0 Å². The SMILES string of the molecule is Cc1cc(C)cc(Oc2nc(C)ccc2/C(=N/O)N2CCCc3ccccc32)c1. The summed E-state index contributed by atoms with van der Waals surface area (Å²) >= 11 is 0. The van der Waals surface area contributed by atoms with E-state index in [1.165, 1.54) is 5.56 Å². The van der Waals surface area contributed by atoms with Crippen LogP contribution in [0.15, 0.2) is 59.8 Å². The van der Waals surface area contributed by atoms with E-state index in [-0.39, 0.29) is 0 Å². The maximum atomic E-state index is 9.97. The normalized spacial score (nSPS) is 13.9. The minimum Gasteiger partial charge on any atom is -0.438 e. The van der Waals surface area contributed by atoms with E-state index in [0.717, 1.165) is 47.6 Å². The number of nitrogens with zero attached hydrogens (tertiary/aromatic N) is 3. The summed E-state index contributed by atoms with van der Waals surface area (Å²) in [6.45, 7) is 6.77. The monoisotopic (exact) mass is 387 g/mol. The smallest absolute Gasteiger partial charge is 0.230 e. The maximum absolute atomic E-state index is 9.97. The van der Waals surface area contributed by atoms with Crippen LogP contribution in [-0.4, -0.2) is 22.6 Å². The fourth-order valence-electron chi connectivity index (χ4n) is 3.89. The van der Waals surface area contributed by atoms with Crippen molar-refractivity contribution in [2.24, 2.45) is 5.16 Å². The van der Waals surface area contributed by atoms with Gasteiger partial charge in [-0.05, 0) is 80.6 Å². The van der Waals surface area contributed by atoms with E-state index in [1.54, 1.807) is 0 Å². The number of hydrogen-bond donors (Lipinski definition) is 1. The van der Waals surface area contributed by atoms with Gasteiger partial charge in [-0.25, -0.2) is 4.98 Å². The van der Waals surface area contributed by atoms with Crippen molar-refractivity contribution in [3.8, 4) is 11.6 Å². The quantitative estimate of drug-likeness (QED) is 0.283. The van der Waals surface area contributed by atoms with Crippen LogP contribution in [0, 0.1) is 20.8 Å². The molecule has 0 radical (unpaired) electrons. The Kier molecular flexibility index (Phi) is 5.21. The molecular weight excluding hydrogens is 362 g/mol. The lowest BCUT2D eigenvalue weighted by atomic mass is 10.0. The number of para-hydroxylation sites is 1. The van der Waals surface area contributed by atoms with E-state index in [1.807, 2.05) is 62.1 Å². The first-order chi connectivity index (χ1) is 14.0. The predicted molar refractivity (Wildman–Crippen MR) is 115 cm³/mol. The summed E-state index contributed by atoms with van der Waals surface area (Å²) in [6.07, 6.45) is 2.01. The van der Waals surface area contributed by atoms with E-state index >= 15 is 0 Å². The van der Waals surface area contributed by atoms with Crippen LogP contribution in [0.3, 0.4) is 0 Å². The molecule has 0 fully saturated rings. The highest BCUT2D eigenvalue weighted by atomic mass is 16.5. The molecule has 5 heteroatoms. The Bertz CT molecular complexity index is 1060. The zero-order valence-corrected chi connectivity index (χ0v) is 17.0. The number of pyridine rings is 1. The van der Waals surface area contributed by atoms with Crippen molar-refractivity contribution < 1.29 is 9.94 Å². The fraction of sp³-hybridized carbons (Fsp3) is 0.250. The molecule has 0 unspecified atom stereocenters. The summed E-state index contributed by atoms with van der Waals surface area (Å²) in [7, 11) is 0. The molecule has 1 aliphatic heterocycles.